The summed E-state index contributed by atoms with van der Waals surface area (Å²) < 4.78 is 23.9. The lowest BCUT2D eigenvalue weighted by molar-refractivity contribution is 0.0992. The average Bonchev–Trinajstić information content (AvgIpc) is 3.84. The van der Waals surface area contributed by atoms with Crippen LogP contribution >= 0.6 is 11.3 Å². The second kappa shape index (κ2) is 13.6. The molecule has 0 aliphatic heterocycles. The van der Waals surface area contributed by atoms with E-state index in [1.165, 1.54) is 11.3 Å². The van der Waals surface area contributed by atoms with E-state index < -0.39 is 5.91 Å². The Labute approximate surface area is 264 Å². The van der Waals surface area contributed by atoms with Gasteiger partial charge in [0.1, 0.15) is 30.5 Å². The first-order chi connectivity index (χ1) is 22.0. The minimum atomic E-state index is -0.739. The topological polar surface area (TPSA) is 127 Å². The molecule has 10 heteroatoms. The van der Waals surface area contributed by atoms with Gasteiger partial charge >= 0.3 is 0 Å². The van der Waals surface area contributed by atoms with Crippen molar-refractivity contribution in [2.24, 2.45) is 5.73 Å². The smallest absolute Gasteiger partial charge is 0.271 e. The zero-order valence-corrected chi connectivity index (χ0v) is 25.8. The molecule has 45 heavy (non-hydrogen) atoms. The summed E-state index contributed by atoms with van der Waals surface area (Å²) in [5, 5.41) is 10.0. The van der Waals surface area contributed by atoms with Crippen LogP contribution in [0.5, 0.6) is 11.5 Å². The molecule has 3 aromatic heterocycles. The summed E-state index contributed by atoms with van der Waals surface area (Å²) in [4.78, 5) is 17.6. The fraction of sp³-hybridized carbons (Fsp3) is 0.200. The van der Waals surface area contributed by atoms with Crippen LogP contribution in [0.1, 0.15) is 58.3 Å². The highest BCUT2D eigenvalue weighted by Gasteiger charge is 2.27. The van der Waals surface area contributed by atoms with Crippen molar-refractivity contribution in [2.75, 3.05) is 0 Å². The Balaban J connectivity index is 1.32. The fourth-order valence-electron chi connectivity index (χ4n) is 4.97. The van der Waals surface area contributed by atoms with E-state index in [1.54, 1.807) is 0 Å². The van der Waals surface area contributed by atoms with Crippen molar-refractivity contribution in [1.29, 1.82) is 0 Å². The second-order valence-electron chi connectivity index (χ2n) is 10.8. The number of aryl methyl sites for hydroxylation is 2. The van der Waals surface area contributed by atoms with Gasteiger partial charge in [0.2, 0.25) is 5.82 Å². The van der Waals surface area contributed by atoms with E-state index >= 15 is 0 Å². The highest BCUT2D eigenvalue weighted by atomic mass is 32.1. The standard InChI is InChI=1S/C35H32N4O5S/c1-22(2)26-18-25(28(41-20-23-10-5-3-6-11-23)19-29(26)42-21-24-12-7-4-8-13-24)15-16-27-31(32(33(36)40)38-43-27)34-37-35(44-39-34)30-14-9-17-45-30/h3-14,17-19,22H,15-16,20-21H2,1-2H3,(H2,36,40). The number of hydrogen-bond acceptors (Lipinski definition) is 9. The largest absolute Gasteiger partial charge is 0.488 e. The summed E-state index contributed by atoms with van der Waals surface area (Å²) in [6.45, 7) is 5.09. The number of nitrogens with zero attached hydrogens (tertiary/aromatic N) is 3. The van der Waals surface area contributed by atoms with Gasteiger partial charge in [0, 0.05) is 12.5 Å². The molecule has 0 fully saturated rings. The van der Waals surface area contributed by atoms with Crippen LogP contribution in [0.3, 0.4) is 0 Å². The third-order valence-electron chi connectivity index (χ3n) is 7.29. The lowest BCUT2D eigenvalue weighted by atomic mass is 9.96. The Morgan fingerprint density at radius 1 is 0.844 bits per heavy atom. The van der Waals surface area contributed by atoms with Crippen molar-refractivity contribution < 1.29 is 23.3 Å². The number of carbonyl (C=O) groups is 1. The first-order valence-electron chi connectivity index (χ1n) is 14.6. The summed E-state index contributed by atoms with van der Waals surface area (Å²) in [5.74, 6) is 1.87. The van der Waals surface area contributed by atoms with Crippen LogP contribution in [0.4, 0.5) is 0 Å². The lowest BCUT2D eigenvalue weighted by Gasteiger charge is -2.20. The van der Waals surface area contributed by atoms with Gasteiger partial charge in [-0.05, 0) is 52.1 Å². The number of benzene rings is 3. The van der Waals surface area contributed by atoms with Gasteiger partial charge in [0.15, 0.2) is 5.69 Å². The third kappa shape index (κ3) is 6.97. The monoisotopic (exact) mass is 620 g/mol. The van der Waals surface area contributed by atoms with Gasteiger partial charge in [-0.2, -0.15) is 4.98 Å². The molecule has 1 amide bonds. The van der Waals surface area contributed by atoms with Gasteiger partial charge in [-0.1, -0.05) is 90.9 Å². The molecule has 228 valence electrons. The van der Waals surface area contributed by atoms with Gasteiger partial charge in [0.25, 0.3) is 11.8 Å². The molecule has 9 nitrogen and oxygen atoms in total. The van der Waals surface area contributed by atoms with E-state index in [2.05, 4.69) is 35.2 Å². The Morgan fingerprint density at radius 2 is 1.53 bits per heavy atom. The van der Waals surface area contributed by atoms with E-state index in [0.29, 0.717) is 49.0 Å². The summed E-state index contributed by atoms with van der Waals surface area (Å²) in [5.41, 5.74) is 10.1. The van der Waals surface area contributed by atoms with Crippen LogP contribution in [-0.4, -0.2) is 21.2 Å². The quantitative estimate of drug-likeness (QED) is 0.140. The molecular formula is C35H32N4O5S. The lowest BCUT2D eigenvalue weighted by Crippen LogP contribution is -2.13. The molecule has 0 saturated heterocycles. The molecule has 0 aliphatic carbocycles. The molecule has 0 unspecified atom stereocenters. The minimum absolute atomic E-state index is 0.0448. The van der Waals surface area contributed by atoms with E-state index in [0.717, 1.165) is 32.9 Å². The molecule has 0 radical (unpaired) electrons. The van der Waals surface area contributed by atoms with Crippen molar-refractivity contribution in [3.63, 3.8) is 0 Å². The minimum Gasteiger partial charge on any atom is -0.488 e. The van der Waals surface area contributed by atoms with Gasteiger partial charge in [-0.3, -0.25) is 4.79 Å². The molecule has 0 spiro atoms. The predicted molar refractivity (Wildman–Crippen MR) is 171 cm³/mol. The molecule has 6 rings (SSSR count). The maximum atomic E-state index is 12.3. The Hall–Kier alpha value is -5.22. The third-order valence-corrected chi connectivity index (χ3v) is 8.15. The maximum Gasteiger partial charge on any atom is 0.271 e. The van der Waals surface area contributed by atoms with Gasteiger partial charge in [-0.25, -0.2) is 0 Å². The van der Waals surface area contributed by atoms with Crippen LogP contribution in [0.15, 0.2) is 99.4 Å². The number of primary amides is 1. The Kier molecular flexibility index (Phi) is 9.02. The van der Waals surface area contributed by atoms with Crippen molar-refractivity contribution in [3.8, 4) is 33.7 Å². The SMILES string of the molecule is CC(C)c1cc(CCc2onc(C(N)=O)c2-c2noc(-c3cccs3)n2)c(OCc2ccccc2)cc1OCc1ccccc1. The molecule has 3 heterocycles. The van der Waals surface area contributed by atoms with Crippen molar-refractivity contribution in [1.82, 2.24) is 15.3 Å². The molecule has 2 N–H and O–H groups in total. The predicted octanol–water partition coefficient (Wildman–Crippen LogP) is 7.62. The molecule has 0 bridgehead atoms. The number of carbonyl (C=O) groups excluding carboxylic acids is 1. The van der Waals surface area contributed by atoms with Crippen molar-refractivity contribution >= 4 is 17.2 Å². The maximum absolute atomic E-state index is 12.3. The van der Waals surface area contributed by atoms with E-state index in [9.17, 15) is 4.79 Å². The Morgan fingerprint density at radius 3 is 2.16 bits per heavy atom. The van der Waals surface area contributed by atoms with Crippen LogP contribution in [0, 0.1) is 0 Å². The van der Waals surface area contributed by atoms with Crippen LogP contribution < -0.4 is 15.2 Å². The first-order valence-corrected chi connectivity index (χ1v) is 15.5. The summed E-state index contributed by atoms with van der Waals surface area (Å²) in [6, 6.07) is 27.9. The van der Waals surface area contributed by atoms with Gasteiger partial charge in [0.05, 0.1) is 10.4 Å². The highest BCUT2D eigenvalue weighted by molar-refractivity contribution is 7.13. The number of thiophene rings is 1. The van der Waals surface area contributed by atoms with E-state index in [4.69, 9.17) is 24.3 Å². The number of ether oxygens (including phenoxy) is 2. The van der Waals surface area contributed by atoms with Gasteiger partial charge in [-0.15, -0.1) is 11.3 Å². The fourth-order valence-corrected chi connectivity index (χ4v) is 5.61. The molecular weight excluding hydrogens is 588 g/mol. The summed E-state index contributed by atoms with van der Waals surface area (Å²) in [6.07, 6.45) is 0.890. The number of aromatic nitrogens is 3. The molecule has 0 saturated carbocycles. The number of nitrogens with two attached hydrogens (primary N) is 1. The number of hydrogen-bond donors (Lipinski definition) is 1. The zero-order chi connectivity index (χ0) is 31.2. The van der Waals surface area contributed by atoms with Gasteiger partial charge < -0.3 is 24.3 Å². The molecule has 3 aromatic carbocycles. The summed E-state index contributed by atoms with van der Waals surface area (Å²) >= 11 is 1.47. The zero-order valence-electron chi connectivity index (χ0n) is 24.9. The molecule has 0 atom stereocenters. The Bertz CT molecular complexity index is 1870. The molecule has 6 aromatic rings. The van der Waals surface area contributed by atoms with E-state index in [-0.39, 0.29) is 17.4 Å². The normalized spacial score (nSPS) is 11.2. The molecule has 0 aliphatic rings. The van der Waals surface area contributed by atoms with Crippen LogP contribution in [0.2, 0.25) is 0 Å². The van der Waals surface area contributed by atoms with Crippen LogP contribution in [0.25, 0.3) is 22.2 Å². The van der Waals surface area contributed by atoms with E-state index in [1.807, 2.05) is 84.2 Å². The number of rotatable bonds is 13. The average molecular weight is 621 g/mol. The van der Waals surface area contributed by atoms with Crippen molar-refractivity contribution in [3.05, 3.63) is 124 Å². The highest BCUT2D eigenvalue weighted by Crippen LogP contribution is 2.37. The summed E-state index contributed by atoms with van der Waals surface area (Å²) in [7, 11) is 0. The first kappa shape index (κ1) is 29.8. The van der Waals surface area contributed by atoms with Crippen LogP contribution in [-0.2, 0) is 26.1 Å². The number of amides is 1. The van der Waals surface area contributed by atoms with Crippen molar-refractivity contribution in [2.45, 2.75) is 45.8 Å². The second-order valence-corrected chi connectivity index (χ2v) is 11.7.